The summed E-state index contributed by atoms with van der Waals surface area (Å²) in [7, 11) is 0. The third-order valence-electron chi connectivity index (χ3n) is 1.56. The van der Waals surface area contributed by atoms with Crippen molar-refractivity contribution in [3.63, 3.8) is 0 Å². The summed E-state index contributed by atoms with van der Waals surface area (Å²) in [5.41, 5.74) is 0. The molecule has 0 heterocycles. The van der Waals surface area contributed by atoms with Gasteiger partial charge in [0.15, 0.2) is 0 Å². The van der Waals surface area contributed by atoms with E-state index in [4.69, 9.17) is 0 Å². The van der Waals surface area contributed by atoms with E-state index in [-0.39, 0.29) is 0 Å². The zero-order valence-electron chi connectivity index (χ0n) is 8.29. The van der Waals surface area contributed by atoms with Crippen LogP contribution in [0.3, 0.4) is 0 Å². The minimum atomic E-state index is 1.16. The van der Waals surface area contributed by atoms with Gasteiger partial charge in [-0.15, -0.1) is 0 Å². The van der Waals surface area contributed by atoms with Crippen molar-refractivity contribution in [2.45, 2.75) is 39.5 Å². The van der Waals surface area contributed by atoms with Crippen LogP contribution in [0.4, 0.5) is 0 Å². The van der Waals surface area contributed by atoms with Gasteiger partial charge in [-0.2, -0.15) is 0 Å². The third-order valence-corrected chi connectivity index (χ3v) is 1.56. The molecule has 0 aliphatic carbocycles. The number of hydrogen-bond acceptors (Lipinski definition) is 0. The van der Waals surface area contributed by atoms with Gasteiger partial charge in [0.25, 0.3) is 0 Å². The van der Waals surface area contributed by atoms with Crippen LogP contribution in [0.2, 0.25) is 0 Å². The highest BCUT2D eigenvalue weighted by molar-refractivity contribution is 5.01. The van der Waals surface area contributed by atoms with Crippen molar-refractivity contribution in [1.82, 2.24) is 0 Å². The van der Waals surface area contributed by atoms with E-state index in [9.17, 15) is 0 Å². The lowest BCUT2D eigenvalue weighted by atomic mass is 10.2. The normalized spacial score (nSPS) is 12.5. The summed E-state index contributed by atoms with van der Waals surface area (Å²) in [6.45, 7) is 4.24. The van der Waals surface area contributed by atoms with Crippen LogP contribution >= 0.6 is 0 Å². The molecule has 0 atom stereocenters. The maximum atomic E-state index is 2.27. The lowest BCUT2D eigenvalue weighted by Crippen LogP contribution is -1.65. The summed E-state index contributed by atoms with van der Waals surface area (Å²) in [4.78, 5) is 0. The Bertz CT molecular complexity index is 149. The first-order valence-electron chi connectivity index (χ1n) is 4.84. The largest absolute Gasteiger partial charge is 0.0885 e. The molecule has 0 saturated heterocycles. The Hall–Kier alpha value is -0.780. The van der Waals surface area contributed by atoms with Crippen LogP contribution in [0.25, 0.3) is 0 Å². The predicted octanol–water partition coefficient (Wildman–Crippen LogP) is 4.26. The molecule has 12 heavy (non-hydrogen) atoms. The standard InChI is InChI=1S/C12H20/c1-3-5-7-9-11-12-10-8-6-4-2/h3,5,7-10H,4,6,11-12H2,1-2H3. The van der Waals surface area contributed by atoms with Gasteiger partial charge in [-0.1, -0.05) is 49.8 Å². The van der Waals surface area contributed by atoms with Gasteiger partial charge in [-0.3, -0.25) is 0 Å². The average molecular weight is 164 g/mol. The van der Waals surface area contributed by atoms with Gasteiger partial charge in [0.2, 0.25) is 0 Å². The van der Waals surface area contributed by atoms with Gasteiger partial charge in [0.1, 0.15) is 0 Å². The molecular weight excluding hydrogens is 144 g/mol. The molecule has 0 aromatic rings. The SMILES string of the molecule is CC=CC=CCCC=CCCC. The van der Waals surface area contributed by atoms with Crippen LogP contribution < -0.4 is 0 Å². The molecule has 0 rings (SSSR count). The first-order valence-corrected chi connectivity index (χ1v) is 4.84. The van der Waals surface area contributed by atoms with Crippen LogP contribution in [0, 0.1) is 0 Å². The first-order chi connectivity index (χ1) is 5.91. The maximum Gasteiger partial charge on any atom is -0.0313 e. The van der Waals surface area contributed by atoms with Crippen molar-refractivity contribution in [1.29, 1.82) is 0 Å². The van der Waals surface area contributed by atoms with Crippen molar-refractivity contribution in [3.05, 3.63) is 36.5 Å². The van der Waals surface area contributed by atoms with Crippen LogP contribution in [0.5, 0.6) is 0 Å². The van der Waals surface area contributed by atoms with Crippen molar-refractivity contribution < 1.29 is 0 Å². The summed E-state index contributed by atoms with van der Waals surface area (Å²) in [6.07, 6.45) is 17.8. The molecule has 0 spiro atoms. The Labute approximate surface area is 76.7 Å². The quantitative estimate of drug-likeness (QED) is 0.313. The number of hydrogen-bond donors (Lipinski definition) is 0. The lowest BCUT2D eigenvalue weighted by molar-refractivity contribution is 0.943. The second-order valence-electron chi connectivity index (χ2n) is 2.79. The Kier molecular flexibility index (Phi) is 9.56. The van der Waals surface area contributed by atoms with Crippen LogP contribution in [0.15, 0.2) is 36.5 Å². The van der Waals surface area contributed by atoms with E-state index in [1.165, 1.54) is 19.3 Å². The first kappa shape index (κ1) is 11.2. The average Bonchev–Trinajstić information content (AvgIpc) is 2.10. The van der Waals surface area contributed by atoms with Crippen LogP contribution in [-0.2, 0) is 0 Å². The Balaban J connectivity index is 3.20. The molecule has 0 bridgehead atoms. The van der Waals surface area contributed by atoms with E-state index in [0.29, 0.717) is 0 Å². The summed E-state index contributed by atoms with van der Waals surface area (Å²) in [5.74, 6) is 0. The zero-order chi connectivity index (χ0) is 9.07. The van der Waals surface area contributed by atoms with Gasteiger partial charge >= 0.3 is 0 Å². The van der Waals surface area contributed by atoms with Gasteiger partial charge in [-0.05, 0) is 26.2 Å². The molecule has 68 valence electrons. The smallest absolute Gasteiger partial charge is 0.0313 e. The summed E-state index contributed by atoms with van der Waals surface area (Å²) < 4.78 is 0. The highest BCUT2D eigenvalue weighted by atomic mass is 13.8. The van der Waals surface area contributed by atoms with Crippen molar-refractivity contribution in [2.75, 3.05) is 0 Å². The highest BCUT2D eigenvalue weighted by Gasteiger charge is 1.75. The van der Waals surface area contributed by atoms with Crippen molar-refractivity contribution in [2.24, 2.45) is 0 Å². The fourth-order valence-corrected chi connectivity index (χ4v) is 0.881. The fraction of sp³-hybridized carbons (Fsp3) is 0.500. The predicted molar refractivity (Wildman–Crippen MR) is 57.2 cm³/mol. The van der Waals surface area contributed by atoms with E-state index >= 15 is 0 Å². The second-order valence-corrected chi connectivity index (χ2v) is 2.79. The summed E-state index contributed by atoms with van der Waals surface area (Å²) in [5, 5.41) is 0. The second kappa shape index (κ2) is 10.2. The third kappa shape index (κ3) is 9.22. The molecule has 0 aliphatic heterocycles. The van der Waals surface area contributed by atoms with Gasteiger partial charge in [0, 0.05) is 0 Å². The van der Waals surface area contributed by atoms with Gasteiger partial charge in [-0.25, -0.2) is 0 Å². The monoisotopic (exact) mass is 164 g/mol. The molecule has 0 radical (unpaired) electrons. The molecule has 0 nitrogen and oxygen atoms in total. The molecule has 0 heteroatoms. The summed E-state index contributed by atoms with van der Waals surface area (Å²) in [6, 6.07) is 0. The van der Waals surface area contributed by atoms with E-state index < -0.39 is 0 Å². The Morgan fingerprint density at radius 3 is 2.17 bits per heavy atom. The molecule has 0 unspecified atom stereocenters. The van der Waals surface area contributed by atoms with E-state index in [2.05, 4.69) is 37.3 Å². The lowest BCUT2D eigenvalue weighted by Gasteiger charge is -1.86. The molecule has 0 aromatic carbocycles. The molecular formula is C12H20. The molecule has 0 fully saturated rings. The van der Waals surface area contributed by atoms with E-state index in [1.54, 1.807) is 0 Å². The number of rotatable bonds is 6. The molecule has 0 aromatic heterocycles. The van der Waals surface area contributed by atoms with E-state index in [0.717, 1.165) is 6.42 Å². The van der Waals surface area contributed by atoms with Crippen LogP contribution in [-0.4, -0.2) is 0 Å². The zero-order valence-corrected chi connectivity index (χ0v) is 8.29. The summed E-state index contributed by atoms with van der Waals surface area (Å²) >= 11 is 0. The van der Waals surface area contributed by atoms with Gasteiger partial charge in [0.05, 0.1) is 0 Å². The maximum absolute atomic E-state index is 2.27. The van der Waals surface area contributed by atoms with Crippen molar-refractivity contribution in [3.8, 4) is 0 Å². The number of unbranched alkanes of at least 4 members (excludes halogenated alkanes) is 2. The Morgan fingerprint density at radius 2 is 1.50 bits per heavy atom. The van der Waals surface area contributed by atoms with E-state index in [1.807, 2.05) is 13.0 Å². The van der Waals surface area contributed by atoms with Crippen molar-refractivity contribution >= 4 is 0 Å². The molecule has 0 saturated carbocycles. The fourth-order valence-electron chi connectivity index (χ4n) is 0.881. The molecule has 0 N–H and O–H groups in total. The minimum absolute atomic E-state index is 1.16. The topological polar surface area (TPSA) is 0 Å². The highest BCUT2D eigenvalue weighted by Crippen LogP contribution is 1.96. The Morgan fingerprint density at radius 1 is 0.833 bits per heavy atom. The van der Waals surface area contributed by atoms with Gasteiger partial charge < -0.3 is 0 Å². The molecule has 0 aliphatic rings. The van der Waals surface area contributed by atoms with Crippen LogP contribution in [0.1, 0.15) is 39.5 Å². The molecule has 0 amide bonds. The number of allylic oxidation sites excluding steroid dienone is 6. The minimum Gasteiger partial charge on any atom is -0.0885 e.